The molecule has 0 spiro atoms. The van der Waals surface area contributed by atoms with E-state index >= 15 is 0 Å². The van der Waals surface area contributed by atoms with Gasteiger partial charge in [-0.2, -0.15) is 0 Å². The quantitative estimate of drug-likeness (QED) is 0.415. The number of nitrogens with one attached hydrogen (secondary N) is 2. The summed E-state index contributed by atoms with van der Waals surface area (Å²) >= 11 is 1.44. The smallest absolute Gasteiger partial charge is 0.275 e. The second-order valence-electron chi connectivity index (χ2n) is 10.2. The Labute approximate surface area is 228 Å². The van der Waals surface area contributed by atoms with Gasteiger partial charge in [0.2, 0.25) is 0 Å². The highest BCUT2D eigenvalue weighted by Crippen LogP contribution is 2.28. The summed E-state index contributed by atoms with van der Waals surface area (Å²) in [5.41, 5.74) is 2.07. The van der Waals surface area contributed by atoms with Gasteiger partial charge in [-0.05, 0) is 44.9 Å². The summed E-state index contributed by atoms with van der Waals surface area (Å²) in [6.07, 6.45) is 1.15. The van der Waals surface area contributed by atoms with Crippen molar-refractivity contribution in [1.29, 1.82) is 0 Å². The Morgan fingerprint density at radius 2 is 2.11 bits per heavy atom. The lowest BCUT2D eigenvalue weighted by Crippen LogP contribution is -2.52. The van der Waals surface area contributed by atoms with Crippen molar-refractivity contribution >= 4 is 34.0 Å². The van der Waals surface area contributed by atoms with Crippen LogP contribution < -0.4 is 15.5 Å². The molecule has 0 unspecified atom stereocenters. The highest BCUT2D eigenvalue weighted by atomic mass is 32.1. The monoisotopic (exact) mass is 545 g/mol. The Morgan fingerprint density at radius 1 is 1.26 bits per heavy atom. The predicted molar refractivity (Wildman–Crippen MR) is 148 cm³/mol. The van der Waals surface area contributed by atoms with Crippen molar-refractivity contribution in [3.8, 4) is 0 Å². The number of carbonyl (C=O) groups is 2. The molecule has 0 saturated carbocycles. The molecule has 38 heavy (non-hydrogen) atoms. The number of carbonyl (C=O) groups excluding carboxylic acids is 2. The lowest BCUT2D eigenvalue weighted by Gasteiger charge is -2.42. The van der Waals surface area contributed by atoms with E-state index in [4.69, 9.17) is 14.2 Å². The van der Waals surface area contributed by atoms with Crippen LogP contribution in [0, 0.1) is 0 Å². The SMILES string of the molecule is CCO[C@H]1CCN(c2nc(C(=O)Nc3ccc(CN4CCOCC4(C)C)cc3C(=O)NCCOC)cs2)C1. The summed E-state index contributed by atoms with van der Waals surface area (Å²) < 4.78 is 16.4. The third-order valence-electron chi connectivity index (χ3n) is 6.90. The molecule has 2 aliphatic rings. The molecular formula is C27H39N5O5S. The first-order valence-electron chi connectivity index (χ1n) is 13.2. The molecule has 2 saturated heterocycles. The first-order chi connectivity index (χ1) is 18.3. The van der Waals surface area contributed by atoms with Gasteiger partial charge in [-0.1, -0.05) is 6.07 Å². The molecule has 1 atom stereocenters. The summed E-state index contributed by atoms with van der Waals surface area (Å²) in [5.74, 6) is -0.612. The normalized spacial score (nSPS) is 19.5. The lowest BCUT2D eigenvalue weighted by molar-refractivity contribution is -0.0552. The number of methoxy groups -OCH3 is 1. The van der Waals surface area contributed by atoms with Crippen molar-refractivity contribution in [2.24, 2.45) is 0 Å². The average Bonchev–Trinajstić information content (AvgIpc) is 3.56. The molecule has 2 aromatic rings. The zero-order chi connectivity index (χ0) is 27.1. The van der Waals surface area contributed by atoms with E-state index in [2.05, 4.69) is 39.3 Å². The molecule has 0 aliphatic carbocycles. The highest BCUT2D eigenvalue weighted by Gasteiger charge is 2.31. The van der Waals surface area contributed by atoms with Gasteiger partial charge in [0.05, 0.1) is 37.2 Å². The van der Waals surface area contributed by atoms with Crippen LogP contribution in [0.3, 0.4) is 0 Å². The number of aromatic nitrogens is 1. The fourth-order valence-corrected chi connectivity index (χ4v) is 5.57. The summed E-state index contributed by atoms with van der Waals surface area (Å²) in [7, 11) is 1.59. The van der Waals surface area contributed by atoms with Gasteiger partial charge in [-0.3, -0.25) is 14.5 Å². The Bertz CT molecular complexity index is 1110. The maximum Gasteiger partial charge on any atom is 0.275 e. The first-order valence-corrected chi connectivity index (χ1v) is 14.0. The highest BCUT2D eigenvalue weighted by molar-refractivity contribution is 7.14. The van der Waals surface area contributed by atoms with E-state index < -0.39 is 0 Å². The van der Waals surface area contributed by atoms with E-state index in [9.17, 15) is 9.59 Å². The van der Waals surface area contributed by atoms with Crippen LogP contribution in [-0.2, 0) is 20.8 Å². The van der Waals surface area contributed by atoms with Crippen molar-refractivity contribution in [2.45, 2.75) is 45.4 Å². The van der Waals surface area contributed by atoms with Crippen molar-refractivity contribution < 1.29 is 23.8 Å². The van der Waals surface area contributed by atoms with E-state index in [1.165, 1.54) is 11.3 Å². The molecule has 10 nitrogen and oxygen atoms in total. The van der Waals surface area contributed by atoms with Crippen LogP contribution in [0.4, 0.5) is 10.8 Å². The van der Waals surface area contributed by atoms with E-state index in [1.807, 2.05) is 19.1 Å². The third kappa shape index (κ3) is 7.09. The van der Waals surface area contributed by atoms with Gasteiger partial charge in [0.25, 0.3) is 11.8 Å². The van der Waals surface area contributed by atoms with E-state index in [-0.39, 0.29) is 23.5 Å². The van der Waals surface area contributed by atoms with Crippen molar-refractivity contribution in [1.82, 2.24) is 15.2 Å². The minimum atomic E-state index is -0.346. The molecule has 208 valence electrons. The Balaban J connectivity index is 1.49. The van der Waals surface area contributed by atoms with Crippen molar-refractivity contribution in [2.75, 3.05) is 69.9 Å². The molecule has 0 radical (unpaired) electrons. The molecule has 11 heteroatoms. The second kappa shape index (κ2) is 13.0. The molecule has 2 aliphatic heterocycles. The van der Waals surface area contributed by atoms with Gasteiger partial charge >= 0.3 is 0 Å². The molecule has 2 N–H and O–H groups in total. The number of nitrogens with zero attached hydrogens (tertiary/aromatic N) is 3. The lowest BCUT2D eigenvalue weighted by atomic mass is 10.00. The number of rotatable bonds is 11. The van der Waals surface area contributed by atoms with Gasteiger partial charge in [0, 0.05) is 57.4 Å². The minimum Gasteiger partial charge on any atom is -0.383 e. The van der Waals surface area contributed by atoms with Crippen LogP contribution in [0.25, 0.3) is 0 Å². The number of thiazole rings is 1. The van der Waals surface area contributed by atoms with Crippen LogP contribution in [-0.4, -0.2) is 93.1 Å². The van der Waals surface area contributed by atoms with Gasteiger partial charge in [0.15, 0.2) is 5.13 Å². The number of hydrogen-bond donors (Lipinski definition) is 2. The molecule has 1 aromatic carbocycles. The van der Waals surface area contributed by atoms with E-state index in [0.29, 0.717) is 56.5 Å². The Morgan fingerprint density at radius 3 is 2.87 bits per heavy atom. The summed E-state index contributed by atoms with van der Waals surface area (Å²) in [6.45, 7) is 12.2. The molecule has 2 fully saturated rings. The maximum absolute atomic E-state index is 13.1. The van der Waals surface area contributed by atoms with Crippen LogP contribution in [0.15, 0.2) is 23.6 Å². The van der Waals surface area contributed by atoms with Crippen molar-refractivity contribution in [3.63, 3.8) is 0 Å². The summed E-state index contributed by atoms with van der Waals surface area (Å²) in [4.78, 5) is 35.3. The summed E-state index contributed by atoms with van der Waals surface area (Å²) in [5, 5.41) is 8.35. The number of amides is 2. The fourth-order valence-electron chi connectivity index (χ4n) is 4.73. The largest absolute Gasteiger partial charge is 0.383 e. The molecule has 3 heterocycles. The fraction of sp³-hybridized carbons (Fsp3) is 0.593. The predicted octanol–water partition coefficient (Wildman–Crippen LogP) is 3.00. The zero-order valence-electron chi connectivity index (χ0n) is 22.7. The number of morpholine rings is 1. The average molecular weight is 546 g/mol. The minimum absolute atomic E-state index is 0.105. The standard InChI is InChI=1S/C27H39N5O5S/c1-5-37-20-8-10-31(16-20)26-30-23(17-38-26)25(34)29-22-7-6-19(14-21(22)24(33)28-9-12-35-4)15-32-11-13-36-18-27(32,2)3/h6-7,14,17,20H,5,8-13,15-16,18H2,1-4H3,(H,28,33)(H,29,34)/t20-/m0/s1. The summed E-state index contributed by atoms with van der Waals surface area (Å²) in [6, 6.07) is 5.61. The number of hydrogen-bond acceptors (Lipinski definition) is 9. The number of ether oxygens (including phenoxy) is 3. The second-order valence-corrected chi connectivity index (χ2v) is 11.0. The molecule has 1 aromatic heterocycles. The van der Waals surface area contributed by atoms with Crippen LogP contribution in [0.1, 0.15) is 53.6 Å². The third-order valence-corrected chi connectivity index (χ3v) is 7.80. The van der Waals surface area contributed by atoms with E-state index in [0.717, 1.165) is 36.8 Å². The molecule has 4 rings (SSSR count). The van der Waals surface area contributed by atoms with Gasteiger partial charge in [0.1, 0.15) is 5.69 Å². The molecular weight excluding hydrogens is 506 g/mol. The molecule has 0 bridgehead atoms. The van der Waals surface area contributed by atoms with Crippen LogP contribution in [0.2, 0.25) is 0 Å². The topological polar surface area (TPSA) is 105 Å². The zero-order valence-corrected chi connectivity index (χ0v) is 23.6. The van der Waals surface area contributed by atoms with E-state index in [1.54, 1.807) is 18.6 Å². The van der Waals surface area contributed by atoms with Gasteiger partial charge in [-0.25, -0.2) is 4.98 Å². The van der Waals surface area contributed by atoms with Crippen LogP contribution in [0.5, 0.6) is 0 Å². The number of anilines is 2. The Hall–Kier alpha value is -2.57. The number of benzene rings is 1. The molecule has 2 amide bonds. The first kappa shape index (κ1) is 28.4. The van der Waals surface area contributed by atoms with Crippen LogP contribution >= 0.6 is 11.3 Å². The Kier molecular flexibility index (Phi) is 9.72. The van der Waals surface area contributed by atoms with Gasteiger partial charge in [-0.15, -0.1) is 11.3 Å². The maximum atomic E-state index is 13.1. The van der Waals surface area contributed by atoms with Gasteiger partial charge < -0.3 is 29.7 Å². The van der Waals surface area contributed by atoms with Crippen molar-refractivity contribution in [3.05, 3.63) is 40.4 Å².